The Balaban J connectivity index is 1.92. The van der Waals surface area contributed by atoms with Gasteiger partial charge < -0.3 is 10.1 Å². The average Bonchev–Trinajstić information content (AvgIpc) is 2.95. The molecule has 2 aromatic rings. The molecule has 0 aliphatic rings. The Hall–Kier alpha value is -2.09. The van der Waals surface area contributed by atoms with Crippen LogP contribution in [0.3, 0.4) is 0 Å². The maximum absolute atomic E-state index is 12.0. The highest BCUT2D eigenvalue weighted by atomic mass is 32.1. The first kappa shape index (κ1) is 16.3. The van der Waals surface area contributed by atoms with Gasteiger partial charge in [0.2, 0.25) is 0 Å². The Morgan fingerprint density at radius 1 is 1.32 bits per heavy atom. The van der Waals surface area contributed by atoms with Crippen LogP contribution in [0.25, 0.3) is 11.3 Å². The molecule has 2 rings (SSSR count). The van der Waals surface area contributed by atoms with Crippen molar-refractivity contribution in [3.8, 4) is 17.0 Å². The molecule has 0 saturated carbocycles. The summed E-state index contributed by atoms with van der Waals surface area (Å²) in [6.45, 7) is -0.103. The second-order valence-electron chi connectivity index (χ2n) is 4.36. The summed E-state index contributed by atoms with van der Waals surface area (Å²) in [6, 6.07) is 7.31. The first-order valence-corrected chi connectivity index (χ1v) is 7.22. The third-order valence-corrected chi connectivity index (χ3v) is 3.73. The maximum atomic E-state index is 12.0. The molecule has 0 aliphatic heterocycles. The number of methoxy groups -OCH3 is 1. The van der Waals surface area contributed by atoms with Gasteiger partial charge in [-0.1, -0.05) is 0 Å². The molecule has 0 saturated heterocycles. The van der Waals surface area contributed by atoms with Gasteiger partial charge in [-0.25, -0.2) is 4.98 Å². The number of alkyl halides is 3. The van der Waals surface area contributed by atoms with E-state index in [2.05, 4.69) is 4.98 Å². The summed E-state index contributed by atoms with van der Waals surface area (Å²) in [4.78, 5) is 15.0. The van der Waals surface area contributed by atoms with Crippen LogP contribution in [0.5, 0.6) is 5.75 Å². The minimum absolute atomic E-state index is 0.103. The lowest BCUT2D eigenvalue weighted by Gasteiger charge is -2.06. The Morgan fingerprint density at radius 3 is 2.59 bits per heavy atom. The van der Waals surface area contributed by atoms with Crippen molar-refractivity contribution in [1.82, 2.24) is 10.3 Å². The summed E-state index contributed by atoms with van der Waals surface area (Å²) in [6.07, 6.45) is -4.60. The highest BCUT2D eigenvalue weighted by Crippen LogP contribution is 2.24. The third-order valence-electron chi connectivity index (χ3n) is 2.82. The van der Waals surface area contributed by atoms with Crippen molar-refractivity contribution in [2.24, 2.45) is 0 Å². The molecule has 8 heteroatoms. The van der Waals surface area contributed by atoms with Gasteiger partial charge in [0.1, 0.15) is 5.75 Å². The van der Waals surface area contributed by atoms with Crippen molar-refractivity contribution in [2.75, 3.05) is 13.7 Å². The average molecular weight is 330 g/mol. The molecule has 1 heterocycles. The third kappa shape index (κ3) is 4.20. The predicted octanol–water partition coefficient (Wildman–Crippen LogP) is 3.04. The summed E-state index contributed by atoms with van der Waals surface area (Å²) in [5, 5.41) is 4.30. The van der Waals surface area contributed by atoms with Gasteiger partial charge in [-0.2, -0.15) is 13.2 Å². The Kier molecular flexibility index (Phi) is 5.02. The van der Waals surface area contributed by atoms with E-state index in [1.165, 1.54) is 11.3 Å². The van der Waals surface area contributed by atoms with Gasteiger partial charge in [0.25, 0.3) is 0 Å². The minimum Gasteiger partial charge on any atom is -0.497 e. The molecule has 1 aromatic heterocycles. The van der Waals surface area contributed by atoms with Gasteiger partial charge in [-0.3, -0.25) is 4.79 Å². The van der Waals surface area contributed by atoms with Crippen LogP contribution in [-0.2, 0) is 11.2 Å². The monoisotopic (exact) mass is 330 g/mol. The standard InChI is InChI=1S/C14H13F3N2O2S/c1-21-10-4-2-9(3-5-10)11-8-22-12(19-11)6-7-18-13(20)14(15,16)17/h2-5,8H,6-7H2,1H3,(H,18,20). The van der Waals surface area contributed by atoms with Gasteiger partial charge >= 0.3 is 12.1 Å². The van der Waals surface area contributed by atoms with E-state index < -0.39 is 12.1 Å². The number of hydrogen-bond acceptors (Lipinski definition) is 4. The number of benzene rings is 1. The molecule has 0 radical (unpaired) electrons. The molecule has 0 unspecified atom stereocenters. The van der Waals surface area contributed by atoms with Crippen molar-refractivity contribution in [2.45, 2.75) is 12.6 Å². The van der Waals surface area contributed by atoms with Gasteiger partial charge in [0, 0.05) is 23.9 Å². The van der Waals surface area contributed by atoms with E-state index in [9.17, 15) is 18.0 Å². The van der Waals surface area contributed by atoms with Crippen molar-refractivity contribution >= 4 is 17.2 Å². The van der Waals surface area contributed by atoms with Crippen LogP contribution >= 0.6 is 11.3 Å². The highest BCUT2D eigenvalue weighted by Gasteiger charge is 2.38. The van der Waals surface area contributed by atoms with Crippen LogP contribution in [0.2, 0.25) is 0 Å². The number of nitrogens with zero attached hydrogens (tertiary/aromatic N) is 1. The number of halogens is 3. The Labute approximate surface area is 128 Å². The maximum Gasteiger partial charge on any atom is 0.471 e. The molecule has 0 bridgehead atoms. The number of carbonyl (C=O) groups excluding carboxylic acids is 1. The van der Waals surface area contributed by atoms with Crippen LogP contribution in [0.1, 0.15) is 5.01 Å². The number of ether oxygens (including phenoxy) is 1. The molecular weight excluding hydrogens is 317 g/mol. The predicted molar refractivity (Wildman–Crippen MR) is 76.9 cm³/mol. The number of aromatic nitrogens is 1. The minimum atomic E-state index is -4.85. The first-order chi connectivity index (χ1) is 10.4. The molecule has 1 amide bonds. The molecule has 1 aromatic carbocycles. The van der Waals surface area contributed by atoms with Crippen LogP contribution in [0, 0.1) is 0 Å². The SMILES string of the molecule is COc1ccc(-c2csc(CCNC(=O)C(F)(F)F)n2)cc1. The largest absolute Gasteiger partial charge is 0.497 e. The van der Waals surface area contributed by atoms with Crippen LogP contribution in [0.4, 0.5) is 13.2 Å². The lowest BCUT2D eigenvalue weighted by atomic mass is 10.2. The molecule has 1 N–H and O–H groups in total. The number of amides is 1. The van der Waals surface area contributed by atoms with E-state index in [0.29, 0.717) is 5.01 Å². The summed E-state index contributed by atoms with van der Waals surface area (Å²) in [5.41, 5.74) is 1.63. The zero-order valence-electron chi connectivity index (χ0n) is 11.6. The molecule has 4 nitrogen and oxygen atoms in total. The molecule has 0 aliphatic carbocycles. The number of hydrogen-bond donors (Lipinski definition) is 1. The van der Waals surface area contributed by atoms with Crippen molar-refractivity contribution in [3.05, 3.63) is 34.7 Å². The Morgan fingerprint density at radius 2 is 2.00 bits per heavy atom. The molecule has 118 valence electrons. The first-order valence-electron chi connectivity index (χ1n) is 6.34. The summed E-state index contributed by atoms with van der Waals surface area (Å²) in [7, 11) is 1.57. The van der Waals surface area contributed by atoms with Crippen LogP contribution in [-0.4, -0.2) is 30.7 Å². The number of carbonyl (C=O) groups is 1. The summed E-state index contributed by atoms with van der Waals surface area (Å²) in [5.74, 6) is -1.20. The Bertz CT molecular complexity index is 638. The van der Waals surface area contributed by atoms with Crippen LogP contribution < -0.4 is 10.1 Å². The lowest BCUT2D eigenvalue weighted by Crippen LogP contribution is -2.37. The molecule has 0 atom stereocenters. The van der Waals surface area contributed by atoms with Crippen molar-refractivity contribution in [3.63, 3.8) is 0 Å². The van der Waals surface area contributed by atoms with E-state index >= 15 is 0 Å². The van der Waals surface area contributed by atoms with Crippen molar-refractivity contribution < 1.29 is 22.7 Å². The fourth-order valence-electron chi connectivity index (χ4n) is 1.70. The van der Waals surface area contributed by atoms with E-state index in [4.69, 9.17) is 4.74 Å². The zero-order valence-corrected chi connectivity index (χ0v) is 12.4. The second-order valence-corrected chi connectivity index (χ2v) is 5.30. The molecule has 22 heavy (non-hydrogen) atoms. The van der Waals surface area contributed by atoms with Crippen LogP contribution in [0.15, 0.2) is 29.6 Å². The van der Waals surface area contributed by atoms with E-state index in [1.807, 2.05) is 22.8 Å². The van der Waals surface area contributed by atoms with Gasteiger partial charge in [-0.05, 0) is 24.3 Å². The fraction of sp³-hybridized carbons (Fsp3) is 0.286. The number of thiazole rings is 1. The highest BCUT2D eigenvalue weighted by molar-refractivity contribution is 7.09. The van der Waals surface area contributed by atoms with E-state index in [0.717, 1.165) is 17.0 Å². The van der Waals surface area contributed by atoms with Crippen molar-refractivity contribution in [1.29, 1.82) is 0 Å². The number of nitrogens with one attached hydrogen (secondary N) is 1. The summed E-state index contributed by atoms with van der Waals surface area (Å²) < 4.78 is 41.1. The molecular formula is C14H13F3N2O2S. The zero-order chi connectivity index (χ0) is 16.2. The van der Waals surface area contributed by atoms with Gasteiger partial charge in [0.05, 0.1) is 17.8 Å². The smallest absolute Gasteiger partial charge is 0.471 e. The lowest BCUT2D eigenvalue weighted by molar-refractivity contribution is -0.173. The quantitative estimate of drug-likeness (QED) is 0.917. The van der Waals surface area contributed by atoms with E-state index in [-0.39, 0.29) is 13.0 Å². The topological polar surface area (TPSA) is 51.2 Å². The molecule has 0 spiro atoms. The van der Waals surface area contributed by atoms with Gasteiger partial charge in [0.15, 0.2) is 0 Å². The second kappa shape index (κ2) is 6.78. The fourth-order valence-corrected chi connectivity index (χ4v) is 2.51. The normalized spacial score (nSPS) is 11.3. The van der Waals surface area contributed by atoms with Gasteiger partial charge in [-0.15, -0.1) is 11.3 Å². The summed E-state index contributed by atoms with van der Waals surface area (Å²) >= 11 is 1.34. The molecule has 0 fully saturated rings. The number of rotatable bonds is 5. The van der Waals surface area contributed by atoms with E-state index in [1.54, 1.807) is 19.2 Å².